The second-order valence-corrected chi connectivity index (χ2v) is 7.59. The molecule has 0 aromatic heterocycles. The summed E-state index contributed by atoms with van der Waals surface area (Å²) in [5, 5.41) is 0. The molecule has 0 N–H and O–H groups in total. The van der Waals surface area contributed by atoms with Gasteiger partial charge in [-0.25, -0.2) is 4.39 Å². The first-order valence-electron chi connectivity index (χ1n) is 9.62. The molecule has 1 aromatic carbocycles. The molecular formula is C21H23FN2O3. The second kappa shape index (κ2) is 7.25. The van der Waals surface area contributed by atoms with Crippen LogP contribution in [0.4, 0.5) is 4.39 Å². The molecule has 1 aromatic rings. The molecule has 3 aliphatic rings. The molecule has 0 unspecified atom stereocenters. The summed E-state index contributed by atoms with van der Waals surface area (Å²) >= 11 is 0. The summed E-state index contributed by atoms with van der Waals surface area (Å²) in [7, 11) is 0. The highest BCUT2D eigenvalue weighted by Crippen LogP contribution is 2.38. The molecule has 0 radical (unpaired) electrons. The van der Waals surface area contributed by atoms with Crippen LogP contribution < -0.4 is 0 Å². The average Bonchev–Trinajstić information content (AvgIpc) is 2.94. The molecule has 1 aliphatic carbocycles. The van der Waals surface area contributed by atoms with Gasteiger partial charge in [-0.1, -0.05) is 31.1 Å². The molecule has 6 heteroatoms. The van der Waals surface area contributed by atoms with Crippen molar-refractivity contribution >= 4 is 23.3 Å². The van der Waals surface area contributed by atoms with Crippen LogP contribution in [0.1, 0.15) is 37.7 Å². The van der Waals surface area contributed by atoms with Gasteiger partial charge in [0.2, 0.25) is 17.7 Å². The minimum atomic E-state index is -0.271. The Morgan fingerprint density at radius 3 is 2.22 bits per heavy atom. The fourth-order valence-corrected chi connectivity index (χ4v) is 4.44. The standard InChI is InChI=1S/C21H23FN2O3/c22-16-7-5-14(6-8-16)15-9-11-23(12-10-15)19(25)13-24-20(26)17-3-1-2-4-18(17)21(24)27/h5-9,17-18H,1-4,10-13H2/t17-,18-/m1/s1. The first kappa shape index (κ1) is 17.9. The minimum absolute atomic E-state index is 0.148. The Morgan fingerprint density at radius 1 is 1.04 bits per heavy atom. The summed E-state index contributed by atoms with van der Waals surface area (Å²) in [6, 6.07) is 6.33. The number of halogens is 1. The number of carbonyl (C=O) groups is 3. The Balaban J connectivity index is 1.39. The third kappa shape index (κ3) is 3.40. The van der Waals surface area contributed by atoms with Crippen molar-refractivity contribution < 1.29 is 18.8 Å². The van der Waals surface area contributed by atoms with Crippen molar-refractivity contribution in [2.75, 3.05) is 19.6 Å². The van der Waals surface area contributed by atoms with Crippen molar-refractivity contribution in [3.63, 3.8) is 0 Å². The van der Waals surface area contributed by atoms with Gasteiger partial charge in [0.25, 0.3) is 0 Å². The van der Waals surface area contributed by atoms with Crippen molar-refractivity contribution in [3.8, 4) is 0 Å². The molecule has 0 bridgehead atoms. The molecular weight excluding hydrogens is 347 g/mol. The van der Waals surface area contributed by atoms with Crippen LogP contribution in [0.5, 0.6) is 0 Å². The fraction of sp³-hybridized carbons (Fsp3) is 0.476. The Bertz CT molecular complexity index is 778. The van der Waals surface area contributed by atoms with Gasteiger partial charge in [0, 0.05) is 13.1 Å². The molecule has 27 heavy (non-hydrogen) atoms. The Labute approximate surface area is 157 Å². The number of likely N-dealkylation sites (tertiary alicyclic amines) is 1. The van der Waals surface area contributed by atoms with Crippen LogP contribution in [-0.2, 0) is 14.4 Å². The van der Waals surface area contributed by atoms with Crippen LogP contribution in [0.25, 0.3) is 5.57 Å². The molecule has 2 aliphatic heterocycles. The number of imide groups is 1. The second-order valence-electron chi connectivity index (χ2n) is 7.59. The largest absolute Gasteiger partial charge is 0.337 e. The highest BCUT2D eigenvalue weighted by molar-refractivity contribution is 6.07. The van der Waals surface area contributed by atoms with Gasteiger partial charge < -0.3 is 4.90 Å². The normalized spacial score (nSPS) is 25.4. The summed E-state index contributed by atoms with van der Waals surface area (Å²) in [5.74, 6) is -1.23. The number of carbonyl (C=O) groups excluding carboxylic acids is 3. The quantitative estimate of drug-likeness (QED) is 0.769. The van der Waals surface area contributed by atoms with Gasteiger partial charge in [0.05, 0.1) is 11.8 Å². The number of nitrogens with zero attached hydrogens (tertiary/aromatic N) is 2. The molecule has 2 fully saturated rings. The van der Waals surface area contributed by atoms with Crippen LogP contribution in [0.3, 0.4) is 0 Å². The van der Waals surface area contributed by atoms with Gasteiger partial charge in [-0.05, 0) is 42.5 Å². The lowest BCUT2D eigenvalue weighted by atomic mass is 9.81. The number of rotatable bonds is 3. The molecule has 0 spiro atoms. The molecule has 2 heterocycles. The maximum absolute atomic E-state index is 13.1. The van der Waals surface area contributed by atoms with Crippen LogP contribution in [0.15, 0.2) is 30.3 Å². The van der Waals surface area contributed by atoms with Gasteiger partial charge in [-0.2, -0.15) is 0 Å². The van der Waals surface area contributed by atoms with E-state index in [1.807, 2.05) is 6.08 Å². The van der Waals surface area contributed by atoms with E-state index in [4.69, 9.17) is 0 Å². The lowest BCUT2D eigenvalue weighted by molar-refractivity contribution is -0.146. The Kier molecular flexibility index (Phi) is 4.81. The number of hydrogen-bond donors (Lipinski definition) is 0. The number of amides is 3. The van der Waals surface area contributed by atoms with Gasteiger partial charge in [0.15, 0.2) is 0 Å². The summed E-state index contributed by atoms with van der Waals surface area (Å²) < 4.78 is 13.1. The lowest BCUT2D eigenvalue weighted by Crippen LogP contribution is -2.44. The fourth-order valence-electron chi connectivity index (χ4n) is 4.44. The lowest BCUT2D eigenvalue weighted by Gasteiger charge is -2.28. The smallest absolute Gasteiger partial charge is 0.243 e. The van der Waals surface area contributed by atoms with E-state index in [9.17, 15) is 18.8 Å². The van der Waals surface area contributed by atoms with Gasteiger partial charge in [0.1, 0.15) is 12.4 Å². The minimum Gasteiger partial charge on any atom is -0.337 e. The third-order valence-corrected chi connectivity index (χ3v) is 6.00. The monoisotopic (exact) mass is 370 g/mol. The van der Waals surface area contributed by atoms with Gasteiger partial charge >= 0.3 is 0 Å². The zero-order valence-corrected chi connectivity index (χ0v) is 15.2. The third-order valence-electron chi connectivity index (χ3n) is 6.00. The first-order chi connectivity index (χ1) is 13.0. The van der Waals surface area contributed by atoms with E-state index in [1.54, 1.807) is 17.0 Å². The topological polar surface area (TPSA) is 57.7 Å². The highest BCUT2D eigenvalue weighted by Gasteiger charge is 2.48. The highest BCUT2D eigenvalue weighted by atomic mass is 19.1. The SMILES string of the molecule is O=C(CN1C(=O)[C@@H]2CCCC[C@H]2C1=O)N1CC=C(c2ccc(F)cc2)CC1. The number of hydrogen-bond acceptors (Lipinski definition) is 3. The zero-order valence-electron chi connectivity index (χ0n) is 15.2. The molecule has 5 nitrogen and oxygen atoms in total. The van der Waals surface area contributed by atoms with Crippen LogP contribution in [-0.4, -0.2) is 47.2 Å². The van der Waals surface area contributed by atoms with E-state index >= 15 is 0 Å². The van der Waals surface area contributed by atoms with Crippen molar-refractivity contribution in [1.29, 1.82) is 0 Å². The predicted octanol–water partition coefficient (Wildman–Crippen LogP) is 2.62. The zero-order chi connectivity index (χ0) is 19.0. The van der Waals surface area contributed by atoms with E-state index in [2.05, 4.69) is 0 Å². The average molecular weight is 370 g/mol. The molecule has 1 saturated carbocycles. The van der Waals surface area contributed by atoms with Gasteiger partial charge in [-0.3, -0.25) is 19.3 Å². The maximum atomic E-state index is 13.1. The van der Waals surface area contributed by atoms with Crippen LogP contribution in [0, 0.1) is 17.7 Å². The van der Waals surface area contributed by atoms with E-state index in [-0.39, 0.29) is 41.9 Å². The van der Waals surface area contributed by atoms with Crippen molar-refractivity contribution in [2.45, 2.75) is 32.1 Å². The van der Waals surface area contributed by atoms with E-state index in [0.717, 1.165) is 36.8 Å². The van der Waals surface area contributed by atoms with Crippen LogP contribution in [0.2, 0.25) is 0 Å². The van der Waals surface area contributed by atoms with Crippen molar-refractivity contribution in [1.82, 2.24) is 9.80 Å². The summed E-state index contributed by atoms with van der Waals surface area (Å²) in [6.07, 6.45) is 6.10. The summed E-state index contributed by atoms with van der Waals surface area (Å²) in [4.78, 5) is 40.5. The summed E-state index contributed by atoms with van der Waals surface area (Å²) in [6.45, 7) is 0.824. The molecule has 2 atom stereocenters. The van der Waals surface area contributed by atoms with E-state index < -0.39 is 0 Å². The van der Waals surface area contributed by atoms with E-state index in [0.29, 0.717) is 19.5 Å². The van der Waals surface area contributed by atoms with Crippen LogP contribution >= 0.6 is 0 Å². The Morgan fingerprint density at radius 2 is 1.67 bits per heavy atom. The molecule has 3 amide bonds. The first-order valence-corrected chi connectivity index (χ1v) is 9.62. The molecule has 142 valence electrons. The summed E-state index contributed by atoms with van der Waals surface area (Å²) in [5.41, 5.74) is 2.04. The maximum Gasteiger partial charge on any atom is 0.243 e. The predicted molar refractivity (Wildman–Crippen MR) is 97.7 cm³/mol. The Hall–Kier alpha value is -2.50. The number of benzene rings is 1. The number of fused-ring (bicyclic) bond motifs is 1. The van der Waals surface area contributed by atoms with Gasteiger partial charge in [-0.15, -0.1) is 0 Å². The van der Waals surface area contributed by atoms with Crippen molar-refractivity contribution in [3.05, 3.63) is 41.7 Å². The van der Waals surface area contributed by atoms with Crippen molar-refractivity contribution in [2.24, 2.45) is 11.8 Å². The van der Waals surface area contributed by atoms with E-state index in [1.165, 1.54) is 17.0 Å². The molecule has 1 saturated heterocycles. The molecule has 4 rings (SSSR count).